The van der Waals surface area contributed by atoms with Crippen LogP contribution >= 0.6 is 11.3 Å². The molecule has 1 heterocycles. The highest BCUT2D eigenvalue weighted by Gasteiger charge is 2.31. The summed E-state index contributed by atoms with van der Waals surface area (Å²) in [5, 5.41) is 20.9. The molecule has 0 aliphatic carbocycles. The number of hydrogen-bond acceptors (Lipinski definition) is 6. The lowest BCUT2D eigenvalue weighted by molar-refractivity contribution is -0.838. The number of alkyl halides is 4. The average Bonchev–Trinajstić information content (AvgIpc) is 3.40. The number of rotatable bonds is 13. The maximum Gasteiger partial charge on any atom is 0.387 e. The number of aliphatic hydroxyl groups is 1. The third kappa shape index (κ3) is 7.89. The van der Waals surface area contributed by atoms with Gasteiger partial charge in [0.05, 0.1) is 0 Å². The number of thiazole rings is 1. The molecular weight excluding hydrogens is 536 g/mol. The van der Waals surface area contributed by atoms with E-state index in [9.17, 15) is 22.7 Å². The molecule has 2 unspecified atom stereocenters. The van der Waals surface area contributed by atoms with Gasteiger partial charge in [0.25, 0.3) is 0 Å². The van der Waals surface area contributed by atoms with E-state index >= 15 is 0 Å². The van der Waals surface area contributed by atoms with Gasteiger partial charge in [-0.05, 0) is 67.2 Å². The molecule has 0 saturated heterocycles. The minimum absolute atomic E-state index is 0.346. The zero-order chi connectivity index (χ0) is 28.6. The molecule has 0 bridgehead atoms. The Morgan fingerprint density at radius 3 is 2.33 bits per heavy atom. The van der Waals surface area contributed by atoms with Gasteiger partial charge in [-0.15, -0.1) is 11.3 Å². The summed E-state index contributed by atoms with van der Waals surface area (Å²) < 4.78 is 60.8. The van der Waals surface area contributed by atoms with Crippen molar-refractivity contribution in [1.29, 1.82) is 0 Å². The first kappa shape index (κ1) is 30.3. The Kier molecular flexibility index (Phi) is 10.6. The van der Waals surface area contributed by atoms with E-state index in [1.165, 1.54) is 29.7 Å². The van der Waals surface area contributed by atoms with Gasteiger partial charge < -0.3 is 14.6 Å². The number of aromatic nitrogens is 1. The van der Waals surface area contributed by atoms with Gasteiger partial charge in [0.1, 0.15) is 16.8 Å². The molecule has 0 aliphatic rings. The Bertz CT molecular complexity index is 1280. The highest BCUT2D eigenvalue weighted by molar-refractivity contribution is 7.11. The molecule has 0 fully saturated rings. The molecule has 11 heteroatoms. The Hall–Kier alpha value is -3.25. The molecule has 2 aromatic carbocycles. The van der Waals surface area contributed by atoms with E-state index in [4.69, 9.17) is 5.21 Å². The van der Waals surface area contributed by atoms with Crippen LogP contribution in [0.2, 0.25) is 0 Å². The van der Waals surface area contributed by atoms with Crippen molar-refractivity contribution in [3.63, 3.8) is 0 Å². The standard InChI is InChI=1S/C28H30F4N2O4S/c1-4-17-6-9-20(10-7-17)28(3,35)25-33-16-24(39-25)21(14-18(5-2)12-13-34-36)19-8-11-22(37-26(29)30)23(15-19)38-27(31)32/h5-13,15-16,21,26-27,34-36H,4,14H2,1-3H3/p+1/b13-12-,18-5+. The summed E-state index contributed by atoms with van der Waals surface area (Å²) in [5.74, 6) is -1.52. The van der Waals surface area contributed by atoms with Crippen molar-refractivity contribution in [3.8, 4) is 11.5 Å². The van der Waals surface area contributed by atoms with Gasteiger partial charge in [0.15, 0.2) is 11.5 Å². The summed E-state index contributed by atoms with van der Waals surface area (Å²) >= 11 is 1.25. The predicted octanol–water partition coefficient (Wildman–Crippen LogP) is 6.10. The van der Waals surface area contributed by atoms with Gasteiger partial charge in [0.2, 0.25) is 0 Å². The van der Waals surface area contributed by atoms with Crippen LogP contribution in [-0.2, 0) is 12.0 Å². The maximum absolute atomic E-state index is 13.1. The fraction of sp³-hybridized carbons (Fsp3) is 0.321. The van der Waals surface area contributed by atoms with Crippen LogP contribution < -0.4 is 15.0 Å². The van der Waals surface area contributed by atoms with Gasteiger partial charge in [-0.3, -0.25) is 0 Å². The zero-order valence-corrected chi connectivity index (χ0v) is 22.5. The largest absolute Gasteiger partial charge is 0.431 e. The van der Waals surface area contributed by atoms with E-state index in [1.807, 2.05) is 44.2 Å². The van der Waals surface area contributed by atoms with Gasteiger partial charge >= 0.3 is 13.2 Å². The van der Waals surface area contributed by atoms with E-state index < -0.39 is 36.2 Å². The first-order valence-electron chi connectivity index (χ1n) is 12.2. The molecule has 0 spiro atoms. The van der Waals surface area contributed by atoms with Crippen LogP contribution in [0.1, 0.15) is 59.7 Å². The fourth-order valence-corrected chi connectivity index (χ4v) is 5.16. The van der Waals surface area contributed by atoms with Crippen molar-refractivity contribution in [3.05, 3.63) is 99.2 Å². The number of allylic oxidation sites excluding steroid dienone is 3. The molecule has 0 aliphatic heterocycles. The van der Waals surface area contributed by atoms with Crippen LogP contribution in [0.5, 0.6) is 11.5 Å². The minimum atomic E-state index is -3.25. The first-order chi connectivity index (χ1) is 18.6. The molecule has 210 valence electrons. The second-order valence-electron chi connectivity index (χ2n) is 8.78. The van der Waals surface area contributed by atoms with Crippen molar-refractivity contribution >= 4 is 11.3 Å². The van der Waals surface area contributed by atoms with Gasteiger partial charge in [0, 0.05) is 17.0 Å². The summed E-state index contributed by atoms with van der Waals surface area (Å²) in [5.41, 5.74) is 2.56. The summed E-state index contributed by atoms with van der Waals surface area (Å²) in [7, 11) is 0. The number of hydrogen-bond donors (Lipinski definition) is 3. The molecular formula is C28H31F4N2O4S+. The quantitative estimate of drug-likeness (QED) is 0.132. The highest BCUT2D eigenvalue weighted by Crippen LogP contribution is 2.42. The van der Waals surface area contributed by atoms with Crippen molar-refractivity contribution in [2.24, 2.45) is 0 Å². The third-order valence-electron chi connectivity index (χ3n) is 6.22. The van der Waals surface area contributed by atoms with Crippen LogP contribution in [0.25, 0.3) is 0 Å². The molecule has 0 radical (unpaired) electrons. The Morgan fingerprint density at radius 1 is 1.08 bits per heavy atom. The second kappa shape index (κ2) is 13.7. The van der Waals surface area contributed by atoms with Crippen molar-refractivity contribution in [2.45, 2.75) is 58.4 Å². The third-order valence-corrected chi connectivity index (χ3v) is 7.54. The number of hydroxylamine groups is 1. The lowest BCUT2D eigenvalue weighted by atomic mass is 9.90. The number of benzene rings is 2. The van der Waals surface area contributed by atoms with E-state index in [-0.39, 0.29) is 0 Å². The van der Waals surface area contributed by atoms with Gasteiger partial charge in [-0.1, -0.05) is 43.3 Å². The van der Waals surface area contributed by atoms with Crippen molar-refractivity contribution in [1.82, 2.24) is 4.98 Å². The summed E-state index contributed by atoms with van der Waals surface area (Å²) in [6, 6.07) is 11.5. The van der Waals surface area contributed by atoms with Gasteiger partial charge in [-0.2, -0.15) is 23.0 Å². The van der Waals surface area contributed by atoms with Gasteiger partial charge in [-0.25, -0.2) is 10.2 Å². The average molecular weight is 568 g/mol. The van der Waals surface area contributed by atoms with Crippen molar-refractivity contribution in [2.75, 3.05) is 0 Å². The second-order valence-corrected chi connectivity index (χ2v) is 9.84. The van der Waals surface area contributed by atoms with E-state index in [2.05, 4.69) is 14.5 Å². The zero-order valence-electron chi connectivity index (χ0n) is 21.7. The molecule has 3 rings (SSSR count). The SMILES string of the molecule is C/C=C(\C=C/[NH2+]O)CC(c1ccc(OC(F)F)c(OC(F)F)c1)c1cnc(C(C)(O)c2ccc(CC)cc2)s1. The number of ether oxygens (including phenoxy) is 2. The van der Waals surface area contributed by atoms with E-state index in [1.54, 1.807) is 19.2 Å². The molecule has 6 nitrogen and oxygen atoms in total. The fourth-order valence-electron chi connectivity index (χ4n) is 4.05. The van der Waals surface area contributed by atoms with Crippen LogP contribution in [0.3, 0.4) is 0 Å². The van der Waals surface area contributed by atoms with Crippen LogP contribution in [0, 0.1) is 0 Å². The number of quaternary nitrogens is 1. The smallest absolute Gasteiger partial charge is 0.387 e. The minimum Gasteiger partial charge on any atom is -0.431 e. The predicted molar refractivity (Wildman–Crippen MR) is 139 cm³/mol. The first-order valence-corrected chi connectivity index (χ1v) is 13.0. The van der Waals surface area contributed by atoms with E-state index in [0.717, 1.165) is 29.1 Å². The van der Waals surface area contributed by atoms with Crippen LogP contribution in [-0.4, -0.2) is 28.5 Å². The topological polar surface area (TPSA) is 88.4 Å². The number of nitrogens with zero attached hydrogens (tertiary/aromatic N) is 1. The van der Waals surface area contributed by atoms with Crippen LogP contribution in [0.15, 0.2) is 72.6 Å². The Balaban J connectivity index is 2.07. The molecule has 1 aromatic heterocycles. The maximum atomic E-state index is 13.1. The Labute approximate surface area is 228 Å². The molecule has 39 heavy (non-hydrogen) atoms. The normalized spacial score (nSPS) is 14.7. The molecule has 0 amide bonds. The number of halogens is 4. The number of aryl methyl sites for hydroxylation is 1. The van der Waals surface area contributed by atoms with E-state index in [0.29, 0.717) is 27.4 Å². The highest BCUT2D eigenvalue weighted by atomic mass is 32.1. The lowest BCUT2D eigenvalue weighted by Crippen LogP contribution is -2.73. The van der Waals surface area contributed by atoms with Crippen molar-refractivity contribution < 1.29 is 42.8 Å². The number of nitrogens with two attached hydrogens (primary N) is 1. The lowest BCUT2D eigenvalue weighted by Gasteiger charge is -2.22. The Morgan fingerprint density at radius 2 is 1.74 bits per heavy atom. The van der Waals surface area contributed by atoms with Crippen LogP contribution in [0.4, 0.5) is 17.6 Å². The monoisotopic (exact) mass is 567 g/mol. The summed E-state index contributed by atoms with van der Waals surface area (Å²) in [4.78, 5) is 5.18. The molecule has 4 N–H and O–H groups in total. The molecule has 3 aromatic rings. The molecule has 2 atom stereocenters. The molecule has 0 saturated carbocycles. The summed E-state index contributed by atoms with van der Waals surface area (Å²) in [6.07, 6.45) is 7.77. The summed E-state index contributed by atoms with van der Waals surface area (Å²) in [6.45, 7) is -0.983.